The minimum absolute atomic E-state index is 0.645. The Morgan fingerprint density at radius 3 is 2.88 bits per heavy atom. The summed E-state index contributed by atoms with van der Waals surface area (Å²) in [6.45, 7) is 9.50. The van der Waals surface area contributed by atoms with E-state index in [0.717, 1.165) is 30.4 Å². The Morgan fingerprint density at radius 1 is 1.33 bits per heavy atom. The Labute approximate surface area is 144 Å². The van der Waals surface area contributed by atoms with Crippen LogP contribution in [0.2, 0.25) is 0 Å². The van der Waals surface area contributed by atoms with E-state index in [1.807, 2.05) is 25.2 Å². The number of fused-ring (bicyclic) bond motifs is 1. The molecule has 24 heavy (non-hydrogen) atoms. The Kier molecular flexibility index (Phi) is 5.41. The van der Waals surface area contributed by atoms with E-state index in [1.165, 1.54) is 30.5 Å². The second-order valence-electron chi connectivity index (χ2n) is 6.50. The number of aliphatic imine (C=N–C) groups is 1. The number of furan rings is 1. The van der Waals surface area contributed by atoms with Crippen molar-refractivity contribution in [2.75, 3.05) is 33.2 Å². The molecule has 0 bridgehead atoms. The van der Waals surface area contributed by atoms with Crippen molar-refractivity contribution in [3.63, 3.8) is 0 Å². The number of nitrogens with one attached hydrogen (secondary N) is 2. The van der Waals surface area contributed by atoms with Gasteiger partial charge in [-0.1, -0.05) is 25.1 Å². The van der Waals surface area contributed by atoms with Crippen LogP contribution < -0.4 is 10.6 Å². The van der Waals surface area contributed by atoms with E-state index in [1.54, 1.807) is 0 Å². The van der Waals surface area contributed by atoms with Crippen LogP contribution in [0.4, 0.5) is 0 Å². The number of hydrogen-bond donors (Lipinski definition) is 2. The van der Waals surface area contributed by atoms with Crippen LogP contribution in [0.5, 0.6) is 0 Å². The molecule has 5 heteroatoms. The number of nitrogens with zero attached hydrogens (tertiary/aromatic N) is 2. The number of hydrogen-bond acceptors (Lipinski definition) is 3. The van der Waals surface area contributed by atoms with Crippen LogP contribution in [0.25, 0.3) is 11.0 Å². The quantitative estimate of drug-likeness (QED) is 0.654. The molecule has 1 unspecified atom stereocenters. The summed E-state index contributed by atoms with van der Waals surface area (Å²) in [5.74, 6) is 2.51. The van der Waals surface area contributed by atoms with Gasteiger partial charge < -0.3 is 20.0 Å². The van der Waals surface area contributed by atoms with Crippen molar-refractivity contribution < 1.29 is 4.42 Å². The largest absolute Gasteiger partial charge is 0.459 e. The maximum atomic E-state index is 5.95. The predicted molar refractivity (Wildman–Crippen MR) is 99.4 cm³/mol. The lowest BCUT2D eigenvalue weighted by Crippen LogP contribution is -2.40. The van der Waals surface area contributed by atoms with E-state index in [9.17, 15) is 0 Å². The van der Waals surface area contributed by atoms with Crippen LogP contribution in [0.1, 0.15) is 24.7 Å². The van der Waals surface area contributed by atoms with Crippen molar-refractivity contribution >= 4 is 16.9 Å². The maximum Gasteiger partial charge on any atom is 0.191 e. The summed E-state index contributed by atoms with van der Waals surface area (Å²) in [6.07, 6.45) is 1.26. The van der Waals surface area contributed by atoms with Crippen molar-refractivity contribution in [1.82, 2.24) is 15.5 Å². The van der Waals surface area contributed by atoms with Crippen molar-refractivity contribution in [2.45, 2.75) is 26.8 Å². The molecule has 2 heterocycles. The Bertz CT molecular complexity index is 706. The lowest BCUT2D eigenvalue weighted by molar-refractivity contribution is 0.341. The van der Waals surface area contributed by atoms with E-state index in [0.29, 0.717) is 12.5 Å². The first-order valence-electron chi connectivity index (χ1n) is 8.85. The van der Waals surface area contributed by atoms with Crippen molar-refractivity contribution in [2.24, 2.45) is 10.9 Å². The van der Waals surface area contributed by atoms with Gasteiger partial charge in [-0.3, -0.25) is 4.99 Å². The first kappa shape index (κ1) is 16.8. The van der Waals surface area contributed by atoms with Gasteiger partial charge in [-0.25, -0.2) is 0 Å². The first-order chi connectivity index (χ1) is 11.7. The van der Waals surface area contributed by atoms with Gasteiger partial charge in [0.05, 0.1) is 6.54 Å². The number of guanidine groups is 1. The normalized spacial score (nSPS) is 19.1. The Morgan fingerprint density at radius 2 is 2.17 bits per heavy atom. The molecule has 2 aromatic rings. The third-order valence-corrected chi connectivity index (χ3v) is 4.96. The zero-order valence-corrected chi connectivity index (χ0v) is 14.9. The van der Waals surface area contributed by atoms with E-state index in [2.05, 4.69) is 40.4 Å². The predicted octanol–water partition coefficient (Wildman–Crippen LogP) is 2.75. The second-order valence-corrected chi connectivity index (χ2v) is 6.50. The lowest BCUT2D eigenvalue weighted by atomic mass is 10.1. The fourth-order valence-corrected chi connectivity index (χ4v) is 3.39. The molecule has 1 saturated heterocycles. The van der Waals surface area contributed by atoms with Crippen LogP contribution in [-0.4, -0.2) is 44.1 Å². The highest BCUT2D eigenvalue weighted by atomic mass is 16.3. The highest BCUT2D eigenvalue weighted by Gasteiger charge is 2.21. The summed E-state index contributed by atoms with van der Waals surface area (Å²) in [6, 6.07) is 8.16. The molecule has 0 amide bonds. The van der Waals surface area contributed by atoms with Gasteiger partial charge in [0.25, 0.3) is 0 Å². The van der Waals surface area contributed by atoms with Gasteiger partial charge in [-0.2, -0.15) is 0 Å². The number of likely N-dealkylation sites (tertiary alicyclic amines) is 1. The van der Waals surface area contributed by atoms with Crippen molar-refractivity contribution in [1.29, 1.82) is 0 Å². The van der Waals surface area contributed by atoms with Gasteiger partial charge in [-0.15, -0.1) is 0 Å². The molecule has 1 aliphatic rings. The summed E-state index contributed by atoms with van der Waals surface area (Å²) in [5.41, 5.74) is 2.14. The standard InChI is InChI=1S/C19H28N4O/c1-4-23-10-9-15(13-23)11-21-19(20-3)22-12-18-14(2)16-7-5-6-8-17(16)24-18/h5-8,15H,4,9-13H2,1-3H3,(H2,20,21,22). The van der Waals surface area contributed by atoms with E-state index < -0.39 is 0 Å². The maximum absolute atomic E-state index is 5.95. The molecule has 0 aliphatic carbocycles. The number of para-hydroxylation sites is 1. The number of benzene rings is 1. The Hall–Kier alpha value is -2.01. The SMILES string of the molecule is CCN1CCC(CNC(=NC)NCc2oc3ccccc3c2C)C1. The second kappa shape index (κ2) is 7.71. The minimum Gasteiger partial charge on any atom is -0.459 e. The van der Waals surface area contributed by atoms with Gasteiger partial charge >= 0.3 is 0 Å². The smallest absolute Gasteiger partial charge is 0.191 e. The number of aryl methyl sites for hydroxylation is 1. The molecule has 1 aromatic carbocycles. The third kappa shape index (κ3) is 3.73. The zero-order chi connectivity index (χ0) is 16.9. The molecule has 0 radical (unpaired) electrons. The summed E-state index contributed by atoms with van der Waals surface area (Å²) >= 11 is 0. The highest BCUT2D eigenvalue weighted by Crippen LogP contribution is 2.24. The molecule has 3 rings (SSSR count). The Balaban J connectivity index is 1.53. The van der Waals surface area contributed by atoms with E-state index in [-0.39, 0.29) is 0 Å². The molecule has 0 saturated carbocycles. The van der Waals surface area contributed by atoms with Gasteiger partial charge in [0.15, 0.2) is 5.96 Å². The molecular formula is C19H28N4O. The monoisotopic (exact) mass is 328 g/mol. The van der Waals surface area contributed by atoms with E-state index >= 15 is 0 Å². The molecule has 1 atom stereocenters. The fourth-order valence-electron chi connectivity index (χ4n) is 3.39. The summed E-state index contributed by atoms with van der Waals surface area (Å²) < 4.78 is 5.95. The van der Waals surface area contributed by atoms with E-state index in [4.69, 9.17) is 4.42 Å². The average molecular weight is 328 g/mol. The van der Waals surface area contributed by atoms with Crippen LogP contribution in [0.15, 0.2) is 33.7 Å². The average Bonchev–Trinajstić information content (AvgIpc) is 3.20. The van der Waals surface area contributed by atoms with Crippen molar-refractivity contribution in [3.05, 3.63) is 35.6 Å². The fraction of sp³-hybridized carbons (Fsp3) is 0.526. The van der Waals surface area contributed by atoms with Crippen molar-refractivity contribution in [3.8, 4) is 0 Å². The molecule has 1 fully saturated rings. The van der Waals surface area contributed by atoms with Crippen LogP contribution in [-0.2, 0) is 6.54 Å². The topological polar surface area (TPSA) is 52.8 Å². The van der Waals surface area contributed by atoms with Crippen LogP contribution in [0, 0.1) is 12.8 Å². The molecule has 130 valence electrons. The molecule has 5 nitrogen and oxygen atoms in total. The molecule has 0 spiro atoms. The third-order valence-electron chi connectivity index (χ3n) is 4.96. The van der Waals surface area contributed by atoms with Crippen LogP contribution >= 0.6 is 0 Å². The minimum atomic E-state index is 0.645. The molecular weight excluding hydrogens is 300 g/mol. The molecule has 2 N–H and O–H groups in total. The van der Waals surface area contributed by atoms with Gasteiger partial charge in [0, 0.05) is 31.1 Å². The molecule has 1 aliphatic heterocycles. The summed E-state index contributed by atoms with van der Waals surface area (Å²) in [5, 5.41) is 8.00. The van der Waals surface area contributed by atoms with Gasteiger partial charge in [-0.05, 0) is 38.4 Å². The number of rotatable bonds is 5. The first-order valence-corrected chi connectivity index (χ1v) is 8.85. The summed E-state index contributed by atoms with van der Waals surface area (Å²) in [7, 11) is 1.81. The highest BCUT2D eigenvalue weighted by molar-refractivity contribution is 5.82. The molecule has 1 aromatic heterocycles. The zero-order valence-electron chi connectivity index (χ0n) is 14.9. The van der Waals surface area contributed by atoms with Gasteiger partial charge in [0.1, 0.15) is 11.3 Å². The lowest BCUT2D eigenvalue weighted by Gasteiger charge is -2.16. The van der Waals surface area contributed by atoms with Crippen LogP contribution in [0.3, 0.4) is 0 Å². The van der Waals surface area contributed by atoms with Gasteiger partial charge in [0.2, 0.25) is 0 Å². The summed E-state index contributed by atoms with van der Waals surface area (Å²) in [4.78, 5) is 6.83.